The number of halogens is 1. The number of aromatic nitrogens is 1. The predicted molar refractivity (Wildman–Crippen MR) is 172 cm³/mol. The van der Waals surface area contributed by atoms with Crippen LogP contribution in [0.4, 0.5) is 5.69 Å². The first-order valence-corrected chi connectivity index (χ1v) is 15.6. The molecule has 3 aromatic rings. The Hall–Kier alpha value is -3.17. The number of ether oxygens (including phenoxy) is 2. The maximum atomic E-state index is 14.0. The number of amides is 1. The van der Waals surface area contributed by atoms with Crippen molar-refractivity contribution in [3.05, 3.63) is 86.3 Å². The molecule has 2 fully saturated rings. The number of aromatic amines is 1. The van der Waals surface area contributed by atoms with E-state index in [0.29, 0.717) is 17.2 Å². The molecule has 8 nitrogen and oxygen atoms in total. The molecule has 0 unspecified atom stereocenters. The molecule has 0 aliphatic carbocycles. The van der Waals surface area contributed by atoms with Crippen LogP contribution < -0.4 is 10.5 Å². The van der Waals surface area contributed by atoms with Gasteiger partial charge in [-0.1, -0.05) is 24.3 Å². The average molecular weight is 607 g/mol. The van der Waals surface area contributed by atoms with Crippen LogP contribution in [0.5, 0.6) is 0 Å². The molecule has 0 radical (unpaired) electrons. The molecule has 0 bridgehead atoms. The molecule has 0 atom stereocenters. The number of aryl methyl sites for hydroxylation is 2. The van der Waals surface area contributed by atoms with Crippen LogP contribution in [0.1, 0.15) is 58.1 Å². The van der Waals surface area contributed by atoms with Crippen LogP contribution in [0, 0.1) is 20.8 Å². The van der Waals surface area contributed by atoms with E-state index in [2.05, 4.69) is 52.0 Å². The van der Waals surface area contributed by atoms with E-state index in [9.17, 15) is 9.59 Å². The van der Waals surface area contributed by atoms with Crippen LogP contribution in [0.3, 0.4) is 0 Å². The summed E-state index contributed by atoms with van der Waals surface area (Å²) in [5.74, 6) is -0.325. The van der Waals surface area contributed by atoms with Crippen molar-refractivity contribution >= 4 is 23.4 Å². The molecule has 43 heavy (non-hydrogen) atoms. The van der Waals surface area contributed by atoms with Gasteiger partial charge >= 0.3 is 0 Å². The van der Waals surface area contributed by atoms with Gasteiger partial charge in [0.05, 0.1) is 19.8 Å². The lowest BCUT2D eigenvalue weighted by atomic mass is 9.94. The first-order chi connectivity index (χ1) is 20.7. The highest BCUT2D eigenvalue weighted by Crippen LogP contribution is 2.35. The number of nitrogens with zero attached hydrogens (tertiary/aromatic N) is 3. The van der Waals surface area contributed by atoms with Gasteiger partial charge in [-0.2, -0.15) is 0 Å². The van der Waals surface area contributed by atoms with E-state index in [0.717, 1.165) is 104 Å². The Labute approximate surface area is 259 Å². The number of morpholine rings is 1. The summed E-state index contributed by atoms with van der Waals surface area (Å²) in [6, 6.07) is 15.0. The van der Waals surface area contributed by atoms with Gasteiger partial charge in [0.15, 0.2) is 0 Å². The lowest BCUT2D eigenvalue weighted by molar-refractivity contribution is 0.0342. The van der Waals surface area contributed by atoms with E-state index in [1.165, 1.54) is 5.56 Å². The van der Waals surface area contributed by atoms with E-state index in [4.69, 9.17) is 21.3 Å². The predicted octanol–water partition coefficient (Wildman–Crippen LogP) is 5.60. The number of carbonyl (C=O) groups excluding carboxylic acids is 1. The Kier molecular flexibility index (Phi) is 10.2. The van der Waals surface area contributed by atoms with Crippen LogP contribution in [0.2, 0.25) is 0 Å². The Morgan fingerprint density at radius 1 is 0.977 bits per heavy atom. The van der Waals surface area contributed by atoms with E-state index >= 15 is 0 Å². The Morgan fingerprint density at radius 2 is 1.65 bits per heavy atom. The number of carbonyl (C=O) groups is 1. The summed E-state index contributed by atoms with van der Waals surface area (Å²) in [7, 11) is 0. The number of nitrogens with one attached hydrogen (secondary N) is 1. The Bertz CT molecular complexity index is 1480. The fraction of sp³-hybridized carbons (Fsp3) is 0.471. The van der Waals surface area contributed by atoms with Crippen molar-refractivity contribution in [2.24, 2.45) is 0 Å². The minimum atomic E-state index is -0.325. The number of anilines is 1. The summed E-state index contributed by atoms with van der Waals surface area (Å²) in [5.41, 5.74) is 7.53. The molecular formula is C34H43ClN4O4. The number of rotatable bonds is 9. The second kappa shape index (κ2) is 14.1. The maximum Gasteiger partial charge on any atom is 0.268 e. The second-order valence-electron chi connectivity index (χ2n) is 11.7. The molecular weight excluding hydrogens is 564 g/mol. The van der Waals surface area contributed by atoms with Crippen LogP contribution in [-0.4, -0.2) is 72.3 Å². The summed E-state index contributed by atoms with van der Waals surface area (Å²) < 4.78 is 12.3. The molecule has 5 rings (SSSR count). The smallest absolute Gasteiger partial charge is 0.268 e. The summed E-state index contributed by atoms with van der Waals surface area (Å²) in [4.78, 5) is 34.3. The normalized spacial score (nSPS) is 16.3. The minimum Gasteiger partial charge on any atom is -0.381 e. The monoisotopic (exact) mass is 606 g/mol. The highest BCUT2D eigenvalue weighted by Gasteiger charge is 2.27. The largest absolute Gasteiger partial charge is 0.381 e. The molecule has 2 aromatic carbocycles. The zero-order valence-corrected chi connectivity index (χ0v) is 26.5. The van der Waals surface area contributed by atoms with Crippen LogP contribution in [0.15, 0.2) is 47.3 Å². The van der Waals surface area contributed by atoms with Crippen molar-refractivity contribution < 1.29 is 14.3 Å². The third-order valence-electron chi connectivity index (χ3n) is 8.70. The lowest BCUT2D eigenvalue weighted by Gasteiger charge is -2.37. The molecule has 3 heterocycles. The fourth-order valence-electron chi connectivity index (χ4n) is 6.25. The molecule has 1 N–H and O–H groups in total. The topological polar surface area (TPSA) is 78.1 Å². The molecule has 9 heteroatoms. The van der Waals surface area contributed by atoms with Crippen molar-refractivity contribution in [2.75, 3.05) is 51.0 Å². The zero-order chi connectivity index (χ0) is 30.5. The minimum absolute atomic E-state index is 0.00846. The van der Waals surface area contributed by atoms with Gasteiger partial charge < -0.3 is 19.4 Å². The highest BCUT2D eigenvalue weighted by atomic mass is 35.5. The first-order valence-electron chi connectivity index (χ1n) is 15.3. The van der Waals surface area contributed by atoms with Gasteiger partial charge in [-0.15, -0.1) is 0 Å². The number of H-pyrrole nitrogens is 1. The number of benzene rings is 2. The van der Waals surface area contributed by atoms with E-state index in [1.54, 1.807) is 0 Å². The fourth-order valence-corrected chi connectivity index (χ4v) is 6.46. The van der Waals surface area contributed by atoms with E-state index in [1.807, 2.05) is 32.9 Å². The SMILES string of the molecule is CCN(c1cc(-c2ccc(CN3CCOCC3)cc2)cc(C(=O)N(Cl)Cc2c(C)cc(C)[nH]c2=O)c1C)C1CCOCC1. The van der Waals surface area contributed by atoms with Gasteiger partial charge in [0.1, 0.15) is 0 Å². The van der Waals surface area contributed by atoms with Gasteiger partial charge in [-0.25, -0.2) is 4.42 Å². The Morgan fingerprint density at radius 3 is 2.30 bits per heavy atom. The van der Waals surface area contributed by atoms with E-state index < -0.39 is 0 Å². The number of hydrogen-bond acceptors (Lipinski definition) is 6. The van der Waals surface area contributed by atoms with Gasteiger partial charge in [0.25, 0.3) is 11.5 Å². The molecule has 1 amide bonds. The second-order valence-corrected chi connectivity index (χ2v) is 12.1. The third kappa shape index (κ3) is 7.32. The summed E-state index contributed by atoms with van der Waals surface area (Å²) >= 11 is 6.67. The highest BCUT2D eigenvalue weighted by molar-refractivity contribution is 6.24. The number of pyridine rings is 1. The van der Waals surface area contributed by atoms with Gasteiger partial charge in [-0.3, -0.25) is 14.5 Å². The van der Waals surface area contributed by atoms with E-state index in [-0.39, 0.29) is 18.0 Å². The van der Waals surface area contributed by atoms with Crippen molar-refractivity contribution in [3.8, 4) is 11.1 Å². The van der Waals surface area contributed by atoms with Gasteiger partial charge in [0.2, 0.25) is 0 Å². The maximum absolute atomic E-state index is 14.0. The molecule has 0 saturated carbocycles. The number of hydrogen-bond donors (Lipinski definition) is 1. The first kappa shape index (κ1) is 31.3. The Balaban J connectivity index is 1.50. The molecule has 2 aliphatic rings. The molecule has 0 spiro atoms. The van der Waals surface area contributed by atoms with Crippen molar-refractivity contribution in [3.63, 3.8) is 0 Å². The van der Waals surface area contributed by atoms with Crippen molar-refractivity contribution in [2.45, 2.75) is 59.7 Å². The standard InChI is InChI=1S/C34H43ClN4O4/c1-5-38(29-10-14-42-15-11-29)32-20-28(27-8-6-26(7-9-27)21-37-12-16-43-17-13-37)19-30(25(32)4)34(41)39(35)22-31-23(2)18-24(3)36-33(31)40/h6-9,18-20,29H,5,10-17,21-22H2,1-4H3,(H,36,40). The van der Waals surface area contributed by atoms with Crippen LogP contribution >= 0.6 is 11.8 Å². The molecule has 1 aromatic heterocycles. The van der Waals surface area contributed by atoms with Crippen LogP contribution in [-0.2, 0) is 22.6 Å². The van der Waals surface area contributed by atoms with Crippen molar-refractivity contribution in [1.82, 2.24) is 14.3 Å². The molecule has 230 valence electrons. The third-order valence-corrected chi connectivity index (χ3v) is 8.97. The quantitative estimate of drug-likeness (QED) is 0.320. The van der Waals surface area contributed by atoms with Crippen molar-refractivity contribution in [1.29, 1.82) is 0 Å². The van der Waals surface area contributed by atoms with Crippen LogP contribution in [0.25, 0.3) is 11.1 Å². The summed E-state index contributed by atoms with van der Waals surface area (Å²) in [6.07, 6.45) is 1.88. The summed E-state index contributed by atoms with van der Waals surface area (Å²) in [6.45, 7) is 14.5. The zero-order valence-electron chi connectivity index (χ0n) is 25.7. The molecule has 2 saturated heterocycles. The van der Waals surface area contributed by atoms with Gasteiger partial charge in [-0.05, 0) is 86.6 Å². The lowest BCUT2D eigenvalue weighted by Crippen LogP contribution is -2.40. The average Bonchev–Trinajstić information content (AvgIpc) is 3.01. The molecule has 2 aliphatic heterocycles. The van der Waals surface area contributed by atoms with Gasteiger partial charge in [0, 0.05) is 79.7 Å². The summed E-state index contributed by atoms with van der Waals surface area (Å²) in [5, 5.41) is 0.